The molecule has 0 aliphatic heterocycles. The number of hydrogen-bond donors (Lipinski definition) is 1. The second-order valence-electron chi connectivity index (χ2n) is 4.62. The van der Waals surface area contributed by atoms with E-state index >= 15 is 0 Å². The van der Waals surface area contributed by atoms with Crippen LogP contribution in [0, 0.1) is 13.8 Å². The molecule has 0 amide bonds. The van der Waals surface area contributed by atoms with E-state index in [0.717, 1.165) is 5.56 Å². The maximum Gasteiger partial charge on any atom is 0.246 e. The van der Waals surface area contributed by atoms with Crippen LogP contribution in [0.15, 0.2) is 29.2 Å². The van der Waals surface area contributed by atoms with Crippen LogP contribution in [-0.2, 0) is 16.6 Å². The monoisotopic (exact) mass is 313 g/mol. The third-order valence-electron chi connectivity index (χ3n) is 3.08. The normalized spacial score (nSPS) is 12.1. The molecule has 0 unspecified atom stereocenters. The van der Waals surface area contributed by atoms with Crippen molar-refractivity contribution < 1.29 is 8.42 Å². The number of nitrogens with zero attached hydrogens (tertiary/aromatic N) is 2. The predicted octanol–water partition coefficient (Wildman–Crippen LogP) is 2.50. The van der Waals surface area contributed by atoms with Crippen molar-refractivity contribution in [3.05, 3.63) is 46.2 Å². The standard InChI is InChI=1S/C13H16ClN3O2S/c1-9-13(10(2)16-15-9)20(18,19)17(3)8-11-6-4-5-7-12(11)14/h4-7H,8H2,1-3H3,(H,15,16). The summed E-state index contributed by atoms with van der Waals surface area (Å²) in [6.07, 6.45) is 0. The molecule has 0 fully saturated rings. The first kappa shape index (κ1) is 15.0. The average Bonchev–Trinajstić information content (AvgIpc) is 2.72. The van der Waals surface area contributed by atoms with E-state index in [0.29, 0.717) is 16.4 Å². The van der Waals surface area contributed by atoms with Gasteiger partial charge in [-0.25, -0.2) is 8.42 Å². The zero-order valence-corrected chi connectivity index (χ0v) is 13.1. The number of benzene rings is 1. The Morgan fingerprint density at radius 1 is 1.30 bits per heavy atom. The Balaban J connectivity index is 2.34. The second-order valence-corrected chi connectivity index (χ2v) is 7.00. The molecule has 108 valence electrons. The number of halogens is 1. The Morgan fingerprint density at radius 3 is 2.50 bits per heavy atom. The molecule has 2 rings (SSSR count). The van der Waals surface area contributed by atoms with Crippen LogP contribution in [0.3, 0.4) is 0 Å². The van der Waals surface area contributed by atoms with Crippen molar-refractivity contribution in [3.8, 4) is 0 Å². The molecule has 0 bridgehead atoms. The van der Waals surface area contributed by atoms with Gasteiger partial charge in [0.05, 0.1) is 11.4 Å². The lowest BCUT2D eigenvalue weighted by molar-refractivity contribution is 0.466. The van der Waals surface area contributed by atoms with Gasteiger partial charge in [-0.05, 0) is 25.5 Å². The third kappa shape index (κ3) is 2.72. The fourth-order valence-corrected chi connectivity index (χ4v) is 3.70. The first-order valence-electron chi connectivity index (χ1n) is 6.05. The number of nitrogens with one attached hydrogen (secondary N) is 1. The smallest absolute Gasteiger partial charge is 0.246 e. The minimum Gasteiger partial charge on any atom is -0.281 e. The van der Waals surface area contributed by atoms with E-state index in [4.69, 9.17) is 11.6 Å². The first-order valence-corrected chi connectivity index (χ1v) is 7.87. The zero-order chi connectivity index (χ0) is 14.9. The molecule has 0 saturated heterocycles. The molecule has 0 spiro atoms. The van der Waals surface area contributed by atoms with Gasteiger partial charge in [0.15, 0.2) is 0 Å². The van der Waals surface area contributed by atoms with Crippen molar-refractivity contribution in [3.63, 3.8) is 0 Å². The van der Waals surface area contributed by atoms with Crippen molar-refractivity contribution in [2.24, 2.45) is 0 Å². The number of sulfonamides is 1. The Morgan fingerprint density at radius 2 is 1.95 bits per heavy atom. The summed E-state index contributed by atoms with van der Waals surface area (Å²) in [5.74, 6) is 0. The van der Waals surface area contributed by atoms with E-state index in [2.05, 4.69) is 10.2 Å². The van der Waals surface area contributed by atoms with Gasteiger partial charge < -0.3 is 0 Å². The summed E-state index contributed by atoms with van der Waals surface area (Å²) in [7, 11) is -2.06. The largest absolute Gasteiger partial charge is 0.281 e. The summed E-state index contributed by atoms with van der Waals surface area (Å²) in [5, 5.41) is 7.17. The lowest BCUT2D eigenvalue weighted by Gasteiger charge is -2.18. The molecule has 0 radical (unpaired) electrons. The third-order valence-corrected chi connectivity index (χ3v) is 5.52. The summed E-state index contributed by atoms with van der Waals surface area (Å²) in [6.45, 7) is 3.57. The van der Waals surface area contributed by atoms with Crippen molar-refractivity contribution in [2.75, 3.05) is 7.05 Å². The number of rotatable bonds is 4. The summed E-state index contributed by atoms with van der Waals surface area (Å²) in [5.41, 5.74) is 1.76. The Hall–Kier alpha value is -1.37. The highest BCUT2D eigenvalue weighted by molar-refractivity contribution is 7.89. The van der Waals surface area contributed by atoms with Crippen LogP contribution in [0.2, 0.25) is 5.02 Å². The highest BCUT2D eigenvalue weighted by atomic mass is 35.5. The van der Waals surface area contributed by atoms with Gasteiger partial charge in [0.2, 0.25) is 10.0 Å². The van der Waals surface area contributed by atoms with Crippen molar-refractivity contribution in [2.45, 2.75) is 25.3 Å². The summed E-state index contributed by atoms with van der Waals surface area (Å²) >= 11 is 6.07. The van der Waals surface area contributed by atoms with Crippen LogP contribution in [0.1, 0.15) is 17.0 Å². The molecule has 0 aliphatic rings. The topological polar surface area (TPSA) is 66.1 Å². The minimum absolute atomic E-state index is 0.214. The Kier molecular flexibility index (Phi) is 4.17. The number of aryl methyl sites for hydroxylation is 2. The van der Waals surface area contributed by atoms with E-state index in [1.54, 1.807) is 19.9 Å². The zero-order valence-electron chi connectivity index (χ0n) is 11.5. The van der Waals surface area contributed by atoms with Crippen LogP contribution >= 0.6 is 11.6 Å². The summed E-state index contributed by atoms with van der Waals surface area (Å²) < 4.78 is 26.4. The molecular weight excluding hydrogens is 298 g/mol. The maximum atomic E-state index is 12.6. The lowest BCUT2D eigenvalue weighted by Crippen LogP contribution is -2.27. The molecule has 1 N–H and O–H groups in total. The van der Waals surface area contributed by atoms with E-state index in [-0.39, 0.29) is 11.4 Å². The van der Waals surface area contributed by atoms with Crippen LogP contribution in [0.5, 0.6) is 0 Å². The van der Waals surface area contributed by atoms with Crippen LogP contribution in [-0.4, -0.2) is 30.0 Å². The second kappa shape index (κ2) is 5.55. The minimum atomic E-state index is -3.59. The Bertz CT molecular complexity index is 705. The molecule has 20 heavy (non-hydrogen) atoms. The molecule has 0 saturated carbocycles. The number of aromatic nitrogens is 2. The van der Waals surface area contributed by atoms with Gasteiger partial charge in [-0.15, -0.1) is 0 Å². The number of H-pyrrole nitrogens is 1. The van der Waals surface area contributed by atoms with Crippen molar-refractivity contribution in [1.82, 2.24) is 14.5 Å². The maximum absolute atomic E-state index is 12.6. The summed E-state index contributed by atoms with van der Waals surface area (Å²) in [4.78, 5) is 0.229. The predicted molar refractivity (Wildman–Crippen MR) is 78.2 cm³/mol. The Labute approximate surface area is 123 Å². The van der Waals surface area contributed by atoms with Gasteiger partial charge in [0.1, 0.15) is 4.90 Å². The molecule has 1 heterocycles. The van der Waals surface area contributed by atoms with Crippen molar-refractivity contribution >= 4 is 21.6 Å². The quantitative estimate of drug-likeness (QED) is 0.943. The van der Waals surface area contributed by atoms with E-state index in [9.17, 15) is 8.42 Å². The fourth-order valence-electron chi connectivity index (χ4n) is 2.03. The molecule has 1 aromatic heterocycles. The molecule has 2 aromatic rings. The lowest BCUT2D eigenvalue weighted by atomic mass is 10.2. The average molecular weight is 314 g/mol. The van der Waals surface area contributed by atoms with Crippen molar-refractivity contribution in [1.29, 1.82) is 0 Å². The van der Waals surface area contributed by atoms with Crippen LogP contribution < -0.4 is 0 Å². The van der Waals surface area contributed by atoms with E-state index < -0.39 is 10.0 Å². The van der Waals surface area contributed by atoms with Gasteiger partial charge >= 0.3 is 0 Å². The fraction of sp³-hybridized carbons (Fsp3) is 0.308. The number of hydrogen-bond acceptors (Lipinski definition) is 3. The number of aromatic amines is 1. The van der Waals surface area contributed by atoms with Gasteiger partial charge in [-0.2, -0.15) is 9.40 Å². The highest BCUT2D eigenvalue weighted by Crippen LogP contribution is 2.24. The SMILES string of the molecule is Cc1n[nH]c(C)c1S(=O)(=O)N(C)Cc1ccccc1Cl. The highest BCUT2D eigenvalue weighted by Gasteiger charge is 2.27. The first-order chi connectivity index (χ1) is 9.34. The summed E-state index contributed by atoms with van der Waals surface area (Å²) in [6, 6.07) is 7.19. The van der Waals surface area contributed by atoms with Crippen LogP contribution in [0.25, 0.3) is 0 Å². The van der Waals surface area contributed by atoms with Gasteiger partial charge in [-0.3, -0.25) is 5.10 Å². The molecule has 0 aliphatic carbocycles. The molecular formula is C13H16ClN3O2S. The van der Waals surface area contributed by atoms with Gasteiger partial charge in [0.25, 0.3) is 0 Å². The molecule has 5 nitrogen and oxygen atoms in total. The molecule has 0 atom stereocenters. The van der Waals surface area contributed by atoms with E-state index in [1.807, 2.05) is 18.2 Å². The van der Waals surface area contributed by atoms with E-state index in [1.165, 1.54) is 11.4 Å². The molecule has 1 aromatic carbocycles. The van der Waals surface area contributed by atoms with Gasteiger partial charge in [0, 0.05) is 18.6 Å². The van der Waals surface area contributed by atoms with Crippen LogP contribution in [0.4, 0.5) is 0 Å². The van der Waals surface area contributed by atoms with Gasteiger partial charge in [-0.1, -0.05) is 29.8 Å². The molecule has 7 heteroatoms.